The number of hydrogen-bond acceptors (Lipinski definition) is 5. The van der Waals surface area contributed by atoms with Gasteiger partial charge in [-0.15, -0.1) is 0 Å². The molecule has 0 radical (unpaired) electrons. The van der Waals surface area contributed by atoms with Crippen LogP contribution in [0.15, 0.2) is 48.5 Å². The molecule has 0 fully saturated rings. The first kappa shape index (κ1) is 28.5. The highest BCUT2D eigenvalue weighted by molar-refractivity contribution is 6.01. The molecule has 0 unspecified atom stereocenters. The minimum atomic E-state index is -4.46. The van der Waals surface area contributed by atoms with Gasteiger partial charge in [0.25, 0.3) is 5.91 Å². The number of aliphatic hydroxyl groups is 1. The molecule has 1 aliphatic heterocycles. The molecule has 3 rings (SSSR count). The summed E-state index contributed by atoms with van der Waals surface area (Å²) in [7, 11) is 1.95. The van der Waals surface area contributed by atoms with Gasteiger partial charge in [-0.1, -0.05) is 43.3 Å². The first-order valence-electron chi connectivity index (χ1n) is 12.3. The SMILES string of the molecule is C[C@H](CO)N1C[C@H](C)[C@@H](CN(C)Cc2ccccc2)Oc2c(NC(=O)CCC(F)(F)F)cccc2C1=O. The van der Waals surface area contributed by atoms with Crippen LogP contribution in [-0.2, 0) is 11.3 Å². The zero-order valence-electron chi connectivity index (χ0n) is 21.3. The standard InChI is InChI=1S/C27H34F3N3O4/c1-18-14-33(19(2)17-34)26(36)21-10-7-11-22(31-24(35)12-13-27(28,29)30)25(21)37-23(18)16-32(3)15-20-8-5-4-6-9-20/h4-11,18-19,23,34H,12-17H2,1-3H3,(H,31,35)/t18-,19+,23+/m0/s1. The van der Waals surface area contributed by atoms with Gasteiger partial charge in [-0.3, -0.25) is 14.5 Å². The summed E-state index contributed by atoms with van der Waals surface area (Å²) < 4.78 is 44.2. The van der Waals surface area contributed by atoms with Gasteiger partial charge in [0, 0.05) is 32.0 Å². The molecular weight excluding hydrogens is 487 g/mol. The number of likely N-dealkylation sites (N-methyl/N-ethyl adjacent to an activating group) is 1. The summed E-state index contributed by atoms with van der Waals surface area (Å²) in [5, 5.41) is 12.3. The highest BCUT2D eigenvalue weighted by atomic mass is 19.4. The molecule has 10 heteroatoms. The van der Waals surface area contributed by atoms with Crippen molar-refractivity contribution in [3.63, 3.8) is 0 Å². The molecular formula is C27H34F3N3O4. The predicted molar refractivity (Wildman–Crippen MR) is 134 cm³/mol. The van der Waals surface area contributed by atoms with E-state index in [0.29, 0.717) is 19.6 Å². The summed E-state index contributed by atoms with van der Waals surface area (Å²) in [6.45, 7) is 4.94. The third-order valence-corrected chi connectivity index (χ3v) is 6.39. The van der Waals surface area contributed by atoms with Gasteiger partial charge in [-0.05, 0) is 31.7 Å². The van der Waals surface area contributed by atoms with Gasteiger partial charge in [0.1, 0.15) is 6.10 Å². The van der Waals surface area contributed by atoms with Crippen LogP contribution in [0, 0.1) is 5.92 Å². The number of nitrogens with one attached hydrogen (secondary N) is 1. The lowest BCUT2D eigenvalue weighted by atomic mass is 9.98. The molecule has 0 bridgehead atoms. The fourth-order valence-corrected chi connectivity index (χ4v) is 4.29. The predicted octanol–water partition coefficient (Wildman–Crippen LogP) is 4.32. The molecule has 0 saturated carbocycles. The van der Waals surface area contributed by atoms with Crippen molar-refractivity contribution in [2.75, 3.05) is 32.1 Å². The van der Waals surface area contributed by atoms with Gasteiger partial charge in [0.15, 0.2) is 5.75 Å². The summed E-state index contributed by atoms with van der Waals surface area (Å²) in [6, 6.07) is 14.0. The van der Waals surface area contributed by atoms with Crippen molar-refractivity contribution in [3.05, 3.63) is 59.7 Å². The highest BCUT2D eigenvalue weighted by Gasteiger charge is 2.35. The van der Waals surface area contributed by atoms with Gasteiger partial charge >= 0.3 is 6.18 Å². The van der Waals surface area contributed by atoms with E-state index in [4.69, 9.17) is 4.74 Å². The second-order valence-electron chi connectivity index (χ2n) is 9.65. The van der Waals surface area contributed by atoms with Gasteiger partial charge in [0.2, 0.25) is 5.91 Å². The quantitative estimate of drug-likeness (QED) is 0.514. The fraction of sp³-hybridized carbons (Fsp3) is 0.481. The number of aliphatic hydroxyl groups excluding tert-OH is 1. The molecule has 37 heavy (non-hydrogen) atoms. The fourth-order valence-electron chi connectivity index (χ4n) is 4.29. The monoisotopic (exact) mass is 521 g/mol. The Labute approximate surface area is 215 Å². The van der Waals surface area contributed by atoms with Crippen molar-refractivity contribution in [1.82, 2.24) is 9.80 Å². The lowest BCUT2D eigenvalue weighted by Gasteiger charge is -2.38. The number of halogens is 3. The summed E-state index contributed by atoms with van der Waals surface area (Å²) in [5.74, 6) is -1.24. The minimum Gasteiger partial charge on any atom is -0.486 e. The largest absolute Gasteiger partial charge is 0.486 e. The van der Waals surface area contributed by atoms with E-state index in [1.54, 1.807) is 24.0 Å². The molecule has 1 heterocycles. The summed E-state index contributed by atoms with van der Waals surface area (Å²) in [4.78, 5) is 29.4. The van der Waals surface area contributed by atoms with E-state index in [9.17, 15) is 27.9 Å². The number of rotatable bonds is 9. The molecule has 2 aromatic carbocycles. The van der Waals surface area contributed by atoms with Gasteiger partial charge in [0.05, 0.1) is 30.3 Å². The average molecular weight is 522 g/mol. The van der Waals surface area contributed by atoms with Crippen LogP contribution in [0.25, 0.3) is 0 Å². The number of alkyl halides is 3. The number of carbonyl (C=O) groups is 2. The molecule has 2 N–H and O–H groups in total. The van der Waals surface area contributed by atoms with Gasteiger partial charge in [-0.25, -0.2) is 0 Å². The Balaban J connectivity index is 1.92. The number of para-hydroxylation sites is 1. The maximum Gasteiger partial charge on any atom is 0.389 e. The maximum absolute atomic E-state index is 13.5. The topological polar surface area (TPSA) is 82.1 Å². The highest BCUT2D eigenvalue weighted by Crippen LogP contribution is 2.35. The van der Waals surface area contributed by atoms with E-state index in [1.807, 2.05) is 44.3 Å². The summed E-state index contributed by atoms with van der Waals surface area (Å²) in [6.07, 6.45) is -6.87. The van der Waals surface area contributed by atoms with E-state index < -0.39 is 37.1 Å². The van der Waals surface area contributed by atoms with Crippen molar-refractivity contribution in [1.29, 1.82) is 0 Å². The summed E-state index contributed by atoms with van der Waals surface area (Å²) in [5.41, 5.74) is 1.43. The lowest BCUT2D eigenvalue weighted by molar-refractivity contribution is -0.142. The van der Waals surface area contributed by atoms with Crippen LogP contribution >= 0.6 is 0 Å². The molecule has 1 aliphatic rings. The van der Waals surface area contributed by atoms with Crippen molar-refractivity contribution < 1.29 is 32.6 Å². The molecule has 2 aromatic rings. The van der Waals surface area contributed by atoms with Crippen molar-refractivity contribution in [3.8, 4) is 5.75 Å². The van der Waals surface area contributed by atoms with Crippen molar-refractivity contribution in [2.24, 2.45) is 5.92 Å². The maximum atomic E-state index is 13.5. The Hall–Kier alpha value is -3.11. The Morgan fingerprint density at radius 1 is 1.22 bits per heavy atom. The first-order valence-corrected chi connectivity index (χ1v) is 12.3. The second kappa shape index (κ2) is 12.4. The molecule has 2 amide bonds. The molecule has 3 atom stereocenters. The first-order chi connectivity index (χ1) is 17.5. The Kier molecular flexibility index (Phi) is 9.56. The normalized spacial score (nSPS) is 19.0. The number of ether oxygens (including phenoxy) is 1. The van der Waals surface area contributed by atoms with Crippen LogP contribution < -0.4 is 10.1 Å². The zero-order chi connectivity index (χ0) is 27.2. The average Bonchev–Trinajstić information content (AvgIpc) is 2.85. The number of benzene rings is 2. The van der Waals surface area contributed by atoms with Crippen LogP contribution in [0.3, 0.4) is 0 Å². The molecule has 0 aromatic heterocycles. The van der Waals surface area contributed by atoms with Crippen LogP contribution in [0.5, 0.6) is 5.75 Å². The second-order valence-corrected chi connectivity index (χ2v) is 9.65. The van der Waals surface area contributed by atoms with E-state index in [2.05, 4.69) is 10.2 Å². The van der Waals surface area contributed by atoms with Crippen molar-refractivity contribution in [2.45, 2.75) is 51.6 Å². The van der Waals surface area contributed by atoms with Gasteiger partial charge < -0.3 is 20.1 Å². The molecule has 0 spiro atoms. The Bertz CT molecular complexity index is 1060. The molecule has 202 valence electrons. The van der Waals surface area contributed by atoms with Gasteiger partial charge in [-0.2, -0.15) is 13.2 Å². The van der Waals surface area contributed by atoms with Crippen LogP contribution in [0.2, 0.25) is 0 Å². The van der Waals surface area contributed by atoms with E-state index in [0.717, 1.165) is 5.56 Å². The number of anilines is 1. The Morgan fingerprint density at radius 3 is 2.57 bits per heavy atom. The van der Waals surface area contributed by atoms with E-state index in [-0.39, 0.29) is 35.4 Å². The number of fused-ring (bicyclic) bond motifs is 1. The van der Waals surface area contributed by atoms with Crippen molar-refractivity contribution >= 4 is 17.5 Å². The number of nitrogens with zero attached hydrogens (tertiary/aromatic N) is 2. The number of hydrogen-bond donors (Lipinski definition) is 2. The van der Waals surface area contributed by atoms with Crippen LogP contribution in [-0.4, -0.2) is 71.8 Å². The minimum absolute atomic E-state index is 0.118. The van der Waals surface area contributed by atoms with E-state index >= 15 is 0 Å². The smallest absolute Gasteiger partial charge is 0.389 e. The van der Waals surface area contributed by atoms with Crippen LogP contribution in [0.1, 0.15) is 42.6 Å². The number of amides is 2. The third kappa shape index (κ3) is 7.93. The molecule has 0 saturated heterocycles. The van der Waals surface area contributed by atoms with Crippen LogP contribution in [0.4, 0.5) is 18.9 Å². The third-order valence-electron chi connectivity index (χ3n) is 6.39. The number of carbonyl (C=O) groups excluding carboxylic acids is 2. The van der Waals surface area contributed by atoms with E-state index in [1.165, 1.54) is 6.07 Å². The Morgan fingerprint density at radius 2 is 1.92 bits per heavy atom. The lowest BCUT2D eigenvalue weighted by Crippen LogP contribution is -2.49. The molecule has 7 nitrogen and oxygen atoms in total. The summed E-state index contributed by atoms with van der Waals surface area (Å²) >= 11 is 0. The zero-order valence-corrected chi connectivity index (χ0v) is 21.3. The molecule has 0 aliphatic carbocycles.